The zero-order valence-electron chi connectivity index (χ0n) is 25.7. The standard InChI is InChI=1S/C34H48N2O6/c1-5-15-27(26(3)4)17-10-8-7-9-11-21-31(16-6-2)41-25-30-20-14-19-28(23-37)33(30)35-34(38)42-24-29-18-12-13-22-32(29)36(39)40/h12-16,18-20,22,26,37H,5-11,17,21,23-25H2,1-4H3,(H,35,38)/b27-15+,31-16-. The van der Waals surface area contributed by atoms with Gasteiger partial charge in [0.05, 0.1) is 28.5 Å². The summed E-state index contributed by atoms with van der Waals surface area (Å²) < 4.78 is 11.5. The van der Waals surface area contributed by atoms with Crippen molar-refractivity contribution in [2.45, 2.75) is 105 Å². The minimum atomic E-state index is -0.773. The summed E-state index contributed by atoms with van der Waals surface area (Å²) >= 11 is 0. The van der Waals surface area contributed by atoms with Gasteiger partial charge in [-0.15, -0.1) is 0 Å². The van der Waals surface area contributed by atoms with Crippen molar-refractivity contribution in [3.8, 4) is 0 Å². The fourth-order valence-corrected chi connectivity index (χ4v) is 4.84. The van der Waals surface area contributed by atoms with Crippen LogP contribution in [0.2, 0.25) is 0 Å². The Hall–Kier alpha value is -3.65. The Morgan fingerprint density at radius 3 is 2.17 bits per heavy atom. The number of para-hydroxylation sites is 2. The Morgan fingerprint density at radius 1 is 0.881 bits per heavy atom. The zero-order chi connectivity index (χ0) is 30.7. The van der Waals surface area contributed by atoms with Crippen molar-refractivity contribution in [2.24, 2.45) is 5.92 Å². The number of ether oxygens (including phenoxy) is 2. The maximum atomic E-state index is 12.6. The molecule has 2 aromatic carbocycles. The molecule has 0 heterocycles. The van der Waals surface area contributed by atoms with Crippen molar-refractivity contribution in [3.63, 3.8) is 0 Å². The van der Waals surface area contributed by atoms with E-state index in [0.29, 0.717) is 28.3 Å². The van der Waals surface area contributed by atoms with Crippen molar-refractivity contribution in [1.82, 2.24) is 0 Å². The summed E-state index contributed by atoms with van der Waals surface area (Å²) in [7, 11) is 0. The van der Waals surface area contributed by atoms with E-state index in [-0.39, 0.29) is 25.5 Å². The van der Waals surface area contributed by atoms with Gasteiger partial charge in [-0.1, -0.05) is 88.9 Å². The molecule has 1 amide bonds. The van der Waals surface area contributed by atoms with E-state index in [0.717, 1.165) is 37.9 Å². The van der Waals surface area contributed by atoms with Crippen molar-refractivity contribution in [1.29, 1.82) is 0 Å². The number of anilines is 1. The number of nitro groups is 1. The van der Waals surface area contributed by atoms with E-state index in [4.69, 9.17) is 9.47 Å². The van der Waals surface area contributed by atoms with E-state index in [1.165, 1.54) is 31.7 Å². The van der Waals surface area contributed by atoms with E-state index >= 15 is 0 Å². The molecule has 230 valence electrons. The second-order valence-electron chi connectivity index (χ2n) is 10.7. The smallest absolute Gasteiger partial charge is 0.411 e. The second-order valence-corrected chi connectivity index (χ2v) is 10.7. The largest absolute Gasteiger partial charge is 0.494 e. The second kappa shape index (κ2) is 19.5. The lowest BCUT2D eigenvalue weighted by atomic mass is 9.95. The molecular formula is C34H48N2O6. The lowest BCUT2D eigenvalue weighted by molar-refractivity contribution is -0.385. The van der Waals surface area contributed by atoms with Gasteiger partial charge in [-0.2, -0.15) is 0 Å². The van der Waals surface area contributed by atoms with E-state index in [1.54, 1.807) is 35.9 Å². The van der Waals surface area contributed by atoms with Crippen LogP contribution in [0.3, 0.4) is 0 Å². The van der Waals surface area contributed by atoms with Crippen molar-refractivity contribution < 1.29 is 24.3 Å². The van der Waals surface area contributed by atoms with Gasteiger partial charge in [-0.05, 0) is 50.2 Å². The predicted octanol–water partition coefficient (Wildman–Crippen LogP) is 9.37. The highest BCUT2D eigenvalue weighted by atomic mass is 16.6. The van der Waals surface area contributed by atoms with Crippen molar-refractivity contribution in [2.75, 3.05) is 5.32 Å². The van der Waals surface area contributed by atoms with Crippen LogP contribution in [0.25, 0.3) is 0 Å². The van der Waals surface area contributed by atoms with Gasteiger partial charge in [0.2, 0.25) is 0 Å². The van der Waals surface area contributed by atoms with Gasteiger partial charge in [-0.25, -0.2) is 4.79 Å². The first-order chi connectivity index (χ1) is 20.3. The molecule has 0 bridgehead atoms. The van der Waals surface area contributed by atoms with Gasteiger partial charge in [0.1, 0.15) is 13.2 Å². The SMILES string of the molecule is CC/C=C(/CCCCCCC/C(=C\CC)C(C)C)OCc1cccc(CO)c1NC(=O)OCc1ccccc1[N+](=O)[O-]. The number of amides is 1. The number of nitrogens with one attached hydrogen (secondary N) is 1. The first-order valence-electron chi connectivity index (χ1n) is 15.2. The summed E-state index contributed by atoms with van der Waals surface area (Å²) in [5, 5.41) is 23.8. The Bertz CT molecular complexity index is 1190. The molecule has 8 nitrogen and oxygen atoms in total. The lowest BCUT2D eigenvalue weighted by Crippen LogP contribution is -2.17. The Balaban J connectivity index is 1.90. The molecule has 0 fully saturated rings. The molecule has 0 aliphatic carbocycles. The number of nitrogens with zero attached hydrogens (tertiary/aromatic N) is 1. The number of aliphatic hydroxyl groups excluding tert-OH is 1. The molecule has 0 spiro atoms. The fourth-order valence-electron chi connectivity index (χ4n) is 4.84. The predicted molar refractivity (Wildman–Crippen MR) is 168 cm³/mol. The van der Waals surface area contributed by atoms with Crippen LogP contribution in [0.5, 0.6) is 0 Å². The molecule has 0 aliphatic heterocycles. The first-order valence-corrected chi connectivity index (χ1v) is 15.2. The summed E-state index contributed by atoms with van der Waals surface area (Å²) in [6, 6.07) is 11.5. The van der Waals surface area contributed by atoms with E-state index < -0.39 is 11.0 Å². The maximum Gasteiger partial charge on any atom is 0.411 e. The number of allylic oxidation sites excluding steroid dienone is 4. The van der Waals surface area contributed by atoms with Crippen LogP contribution in [0.4, 0.5) is 16.2 Å². The quantitative estimate of drug-likeness (QED) is 0.0563. The number of unbranched alkanes of at least 4 members (excludes halogenated alkanes) is 4. The monoisotopic (exact) mass is 580 g/mol. The Kier molecular flexibility index (Phi) is 16.0. The Morgan fingerprint density at radius 2 is 1.50 bits per heavy atom. The van der Waals surface area contributed by atoms with E-state index in [9.17, 15) is 20.0 Å². The summed E-state index contributed by atoms with van der Waals surface area (Å²) in [5.74, 6) is 1.55. The molecule has 0 atom stereocenters. The van der Waals surface area contributed by atoms with Crippen LogP contribution in [0.15, 0.2) is 65.9 Å². The van der Waals surface area contributed by atoms with Crippen LogP contribution in [0.1, 0.15) is 102 Å². The van der Waals surface area contributed by atoms with Gasteiger partial charge >= 0.3 is 6.09 Å². The zero-order valence-corrected chi connectivity index (χ0v) is 25.7. The normalized spacial score (nSPS) is 12.0. The molecular weight excluding hydrogens is 532 g/mol. The molecule has 0 saturated carbocycles. The molecule has 0 unspecified atom stereocenters. The third kappa shape index (κ3) is 12.1. The molecule has 0 aliphatic rings. The summed E-state index contributed by atoms with van der Waals surface area (Å²) in [5.41, 5.74) is 3.39. The van der Waals surface area contributed by atoms with Crippen LogP contribution in [0, 0.1) is 16.0 Å². The number of hydrogen-bond acceptors (Lipinski definition) is 6. The molecule has 0 aromatic heterocycles. The van der Waals surface area contributed by atoms with Gasteiger partial charge < -0.3 is 14.6 Å². The van der Waals surface area contributed by atoms with Crippen molar-refractivity contribution >= 4 is 17.5 Å². The Labute approximate surface area is 251 Å². The fraction of sp³-hybridized carbons (Fsp3) is 0.500. The molecule has 8 heteroatoms. The number of carbonyl (C=O) groups is 1. The van der Waals surface area contributed by atoms with Gasteiger partial charge in [0.15, 0.2) is 0 Å². The van der Waals surface area contributed by atoms with Crippen LogP contribution < -0.4 is 5.32 Å². The molecule has 0 radical (unpaired) electrons. The number of hydrogen-bond donors (Lipinski definition) is 2. The maximum absolute atomic E-state index is 12.6. The van der Waals surface area contributed by atoms with Gasteiger partial charge in [0, 0.05) is 23.6 Å². The van der Waals surface area contributed by atoms with E-state index in [2.05, 4.69) is 45.2 Å². The van der Waals surface area contributed by atoms with E-state index in [1.807, 2.05) is 6.07 Å². The summed E-state index contributed by atoms with van der Waals surface area (Å²) in [4.78, 5) is 23.4. The van der Waals surface area contributed by atoms with Crippen molar-refractivity contribution in [3.05, 3.63) is 92.8 Å². The molecule has 2 aromatic rings. The lowest BCUT2D eigenvalue weighted by Gasteiger charge is -2.17. The highest BCUT2D eigenvalue weighted by molar-refractivity contribution is 5.87. The number of benzene rings is 2. The summed E-state index contributed by atoms with van der Waals surface area (Å²) in [6.45, 7) is 8.51. The number of aliphatic hydroxyl groups is 1. The highest BCUT2D eigenvalue weighted by Crippen LogP contribution is 2.26. The third-order valence-electron chi connectivity index (χ3n) is 7.12. The minimum Gasteiger partial charge on any atom is -0.494 e. The van der Waals surface area contributed by atoms with Gasteiger partial charge in [0.25, 0.3) is 5.69 Å². The number of carbonyl (C=O) groups excluding carboxylic acids is 1. The average molecular weight is 581 g/mol. The number of rotatable bonds is 19. The first kappa shape index (κ1) is 34.6. The van der Waals surface area contributed by atoms with Crippen LogP contribution in [-0.4, -0.2) is 16.1 Å². The molecule has 0 saturated heterocycles. The topological polar surface area (TPSA) is 111 Å². The van der Waals surface area contributed by atoms with Crippen LogP contribution in [-0.2, 0) is 29.3 Å². The summed E-state index contributed by atoms with van der Waals surface area (Å²) in [6.07, 6.45) is 13.6. The highest BCUT2D eigenvalue weighted by Gasteiger charge is 2.17. The average Bonchev–Trinajstić information content (AvgIpc) is 2.98. The third-order valence-corrected chi connectivity index (χ3v) is 7.12. The number of nitro benzene ring substituents is 1. The molecule has 2 rings (SSSR count). The minimum absolute atomic E-state index is 0.116. The van der Waals surface area contributed by atoms with Crippen LogP contribution >= 0.6 is 0 Å². The van der Waals surface area contributed by atoms with Gasteiger partial charge in [-0.3, -0.25) is 15.4 Å². The molecule has 42 heavy (non-hydrogen) atoms. The molecule has 2 N–H and O–H groups in total.